The Balaban J connectivity index is 3.17. The number of rotatable bonds is 6. The zero-order chi connectivity index (χ0) is 8.69. The molecule has 0 radical (unpaired) electrons. The van der Waals surface area contributed by atoms with Gasteiger partial charge in [0, 0.05) is 13.2 Å². The molecule has 4 heteroatoms. The van der Waals surface area contributed by atoms with Gasteiger partial charge in [-0.2, -0.15) is 0 Å². The predicted octanol–water partition coefficient (Wildman–Crippen LogP) is 0.0856. The molecule has 0 aromatic rings. The molecule has 0 aliphatic rings. The molecule has 0 aromatic heterocycles. The Labute approximate surface area is 66.5 Å². The third-order valence-electron chi connectivity index (χ3n) is 1.27. The van der Waals surface area contributed by atoms with Gasteiger partial charge in [-0.15, -0.1) is 0 Å². The molecule has 0 spiro atoms. The first-order chi connectivity index (χ1) is 5.18. The summed E-state index contributed by atoms with van der Waals surface area (Å²) in [6.07, 6.45) is 0. The van der Waals surface area contributed by atoms with Crippen LogP contribution in [0.2, 0.25) is 0 Å². The number of hydrogen-bond acceptors (Lipinski definition) is 3. The lowest BCUT2D eigenvalue weighted by Gasteiger charge is -2.07. The number of carbonyl (C=O) groups is 1. The summed E-state index contributed by atoms with van der Waals surface area (Å²) in [5.74, 6) is -0.832. The van der Waals surface area contributed by atoms with Gasteiger partial charge in [0.2, 0.25) is 0 Å². The lowest BCUT2D eigenvalue weighted by Crippen LogP contribution is -2.35. The van der Waals surface area contributed by atoms with Gasteiger partial charge >= 0.3 is 5.97 Å². The largest absolute Gasteiger partial charge is 0.480 e. The molecular weight excluding hydrogens is 146 g/mol. The van der Waals surface area contributed by atoms with Crippen molar-refractivity contribution < 1.29 is 14.6 Å². The van der Waals surface area contributed by atoms with Crippen LogP contribution in [0.3, 0.4) is 0 Å². The van der Waals surface area contributed by atoms with Crippen LogP contribution < -0.4 is 5.32 Å². The number of aliphatic carboxylic acids is 1. The zero-order valence-electron chi connectivity index (χ0n) is 6.96. The molecule has 4 nitrogen and oxygen atoms in total. The fourth-order valence-corrected chi connectivity index (χ4v) is 0.579. The molecule has 11 heavy (non-hydrogen) atoms. The van der Waals surface area contributed by atoms with Crippen molar-refractivity contribution in [1.82, 2.24) is 5.32 Å². The average Bonchev–Trinajstić information content (AvgIpc) is 1.97. The molecule has 1 atom stereocenters. The van der Waals surface area contributed by atoms with Crippen molar-refractivity contribution in [2.45, 2.75) is 19.9 Å². The van der Waals surface area contributed by atoms with E-state index in [0.29, 0.717) is 19.8 Å². The molecule has 0 heterocycles. The summed E-state index contributed by atoms with van der Waals surface area (Å²) in [6.45, 7) is 5.33. The van der Waals surface area contributed by atoms with Crippen LogP contribution in [0.15, 0.2) is 0 Å². The summed E-state index contributed by atoms with van der Waals surface area (Å²) < 4.78 is 5.01. The fraction of sp³-hybridized carbons (Fsp3) is 0.857. The van der Waals surface area contributed by atoms with Crippen LogP contribution in [0.1, 0.15) is 13.8 Å². The van der Waals surface area contributed by atoms with Gasteiger partial charge in [-0.3, -0.25) is 4.79 Å². The van der Waals surface area contributed by atoms with E-state index < -0.39 is 12.0 Å². The van der Waals surface area contributed by atoms with E-state index in [9.17, 15) is 4.79 Å². The van der Waals surface area contributed by atoms with E-state index in [1.54, 1.807) is 6.92 Å². The van der Waals surface area contributed by atoms with Crippen molar-refractivity contribution in [3.63, 3.8) is 0 Å². The van der Waals surface area contributed by atoms with Crippen LogP contribution >= 0.6 is 0 Å². The van der Waals surface area contributed by atoms with Crippen LogP contribution in [0.5, 0.6) is 0 Å². The van der Waals surface area contributed by atoms with Crippen molar-refractivity contribution >= 4 is 5.97 Å². The summed E-state index contributed by atoms with van der Waals surface area (Å²) >= 11 is 0. The van der Waals surface area contributed by atoms with Gasteiger partial charge in [-0.05, 0) is 13.8 Å². The molecule has 0 fully saturated rings. The first-order valence-corrected chi connectivity index (χ1v) is 3.72. The Morgan fingerprint density at radius 2 is 2.36 bits per heavy atom. The van der Waals surface area contributed by atoms with E-state index in [-0.39, 0.29) is 0 Å². The number of carboxylic acid groups (broad SMARTS) is 1. The highest BCUT2D eigenvalue weighted by molar-refractivity contribution is 5.72. The zero-order valence-corrected chi connectivity index (χ0v) is 6.96. The number of nitrogens with one attached hydrogen (secondary N) is 1. The standard InChI is InChI=1S/C7H15NO3/c1-3-11-5-4-8-6(2)7(9)10/h6,8H,3-5H2,1-2H3,(H,9,10)/t6-/m0/s1. The van der Waals surface area contributed by atoms with Crippen molar-refractivity contribution in [3.05, 3.63) is 0 Å². The number of hydrogen-bond donors (Lipinski definition) is 2. The fourth-order valence-electron chi connectivity index (χ4n) is 0.579. The van der Waals surface area contributed by atoms with Crippen LogP contribution in [-0.4, -0.2) is 36.9 Å². The Morgan fingerprint density at radius 3 is 2.82 bits per heavy atom. The molecule has 0 amide bonds. The maximum atomic E-state index is 10.3. The van der Waals surface area contributed by atoms with Gasteiger partial charge in [-0.1, -0.05) is 0 Å². The van der Waals surface area contributed by atoms with Gasteiger partial charge in [0.25, 0.3) is 0 Å². The van der Waals surface area contributed by atoms with E-state index in [4.69, 9.17) is 9.84 Å². The van der Waals surface area contributed by atoms with E-state index in [1.807, 2.05) is 6.92 Å². The monoisotopic (exact) mass is 161 g/mol. The minimum absolute atomic E-state index is 0.490. The van der Waals surface area contributed by atoms with Crippen molar-refractivity contribution in [2.75, 3.05) is 19.8 Å². The van der Waals surface area contributed by atoms with Gasteiger partial charge in [0.15, 0.2) is 0 Å². The molecular formula is C7H15NO3. The second-order valence-corrected chi connectivity index (χ2v) is 2.21. The number of carboxylic acids is 1. The Bertz CT molecular complexity index is 116. The lowest BCUT2D eigenvalue weighted by atomic mass is 10.3. The van der Waals surface area contributed by atoms with Crippen molar-refractivity contribution in [2.24, 2.45) is 0 Å². The smallest absolute Gasteiger partial charge is 0.320 e. The Hall–Kier alpha value is -0.610. The topological polar surface area (TPSA) is 58.6 Å². The highest BCUT2D eigenvalue weighted by Gasteiger charge is 2.07. The molecule has 0 saturated heterocycles. The third kappa shape index (κ3) is 5.82. The van der Waals surface area contributed by atoms with E-state index >= 15 is 0 Å². The van der Waals surface area contributed by atoms with Gasteiger partial charge < -0.3 is 15.2 Å². The quantitative estimate of drug-likeness (QED) is 0.542. The molecule has 0 aromatic carbocycles. The summed E-state index contributed by atoms with van der Waals surface area (Å²) in [5.41, 5.74) is 0. The molecule has 2 N–H and O–H groups in total. The number of ether oxygens (including phenoxy) is 1. The van der Waals surface area contributed by atoms with Gasteiger partial charge in [0.05, 0.1) is 6.61 Å². The molecule has 0 saturated carbocycles. The summed E-state index contributed by atoms with van der Waals surface area (Å²) in [7, 11) is 0. The normalized spacial score (nSPS) is 12.9. The van der Waals surface area contributed by atoms with E-state index in [2.05, 4.69) is 5.32 Å². The predicted molar refractivity (Wildman–Crippen MR) is 41.6 cm³/mol. The third-order valence-corrected chi connectivity index (χ3v) is 1.27. The van der Waals surface area contributed by atoms with E-state index in [1.165, 1.54) is 0 Å². The second kappa shape index (κ2) is 6.12. The van der Waals surface area contributed by atoms with Crippen LogP contribution in [0.4, 0.5) is 0 Å². The molecule has 66 valence electrons. The van der Waals surface area contributed by atoms with Crippen LogP contribution in [0, 0.1) is 0 Å². The molecule has 0 aliphatic carbocycles. The highest BCUT2D eigenvalue weighted by atomic mass is 16.5. The molecule has 0 rings (SSSR count). The highest BCUT2D eigenvalue weighted by Crippen LogP contribution is 1.79. The molecule has 0 bridgehead atoms. The van der Waals surface area contributed by atoms with Crippen molar-refractivity contribution in [1.29, 1.82) is 0 Å². The first kappa shape index (κ1) is 10.4. The maximum absolute atomic E-state index is 10.3. The summed E-state index contributed by atoms with van der Waals surface area (Å²) in [5, 5.41) is 11.2. The molecule has 0 unspecified atom stereocenters. The minimum Gasteiger partial charge on any atom is -0.480 e. The second-order valence-electron chi connectivity index (χ2n) is 2.21. The molecule has 0 aliphatic heterocycles. The lowest BCUT2D eigenvalue weighted by molar-refractivity contribution is -0.139. The van der Waals surface area contributed by atoms with Crippen LogP contribution in [-0.2, 0) is 9.53 Å². The summed E-state index contributed by atoms with van der Waals surface area (Å²) in [6, 6.07) is -0.490. The maximum Gasteiger partial charge on any atom is 0.320 e. The van der Waals surface area contributed by atoms with Gasteiger partial charge in [-0.25, -0.2) is 0 Å². The first-order valence-electron chi connectivity index (χ1n) is 3.72. The average molecular weight is 161 g/mol. The van der Waals surface area contributed by atoms with Crippen molar-refractivity contribution in [3.8, 4) is 0 Å². The van der Waals surface area contributed by atoms with E-state index in [0.717, 1.165) is 0 Å². The van der Waals surface area contributed by atoms with Gasteiger partial charge in [0.1, 0.15) is 6.04 Å². The summed E-state index contributed by atoms with van der Waals surface area (Å²) in [4.78, 5) is 10.3. The van der Waals surface area contributed by atoms with Crippen LogP contribution in [0.25, 0.3) is 0 Å². The minimum atomic E-state index is -0.832. The Kier molecular flexibility index (Phi) is 5.78. The Morgan fingerprint density at radius 1 is 1.73 bits per heavy atom. The SMILES string of the molecule is CCOCCN[C@@H](C)C(=O)O.